The lowest BCUT2D eigenvalue weighted by Crippen LogP contribution is -2.37. The molecule has 0 amide bonds. The van der Waals surface area contributed by atoms with Crippen molar-refractivity contribution >= 4 is 17.1 Å². The number of Topliss-reactive ketones (excluding diaryl/α,β-unsaturated/α-hetero) is 1. The molecule has 0 aromatic carbocycles. The molecule has 0 N–H and O–H groups in total. The van der Waals surface area contributed by atoms with Crippen molar-refractivity contribution < 1.29 is 4.79 Å². The van der Waals surface area contributed by atoms with Crippen molar-refractivity contribution in [2.75, 3.05) is 19.6 Å². The lowest BCUT2D eigenvalue weighted by molar-refractivity contribution is 0.0897. The van der Waals surface area contributed by atoms with Gasteiger partial charge in [0.05, 0.1) is 11.4 Å². The van der Waals surface area contributed by atoms with Crippen LogP contribution in [-0.4, -0.2) is 30.3 Å². The SMILES string of the molecule is CCCC1CCN(CC(=O)c2ccc(C)s2)CC1. The van der Waals surface area contributed by atoms with Crippen LogP contribution in [0, 0.1) is 12.8 Å². The molecule has 1 aliphatic rings. The zero-order valence-corrected chi connectivity index (χ0v) is 12.3. The van der Waals surface area contributed by atoms with Crippen molar-refractivity contribution in [3.05, 3.63) is 21.9 Å². The minimum absolute atomic E-state index is 0.294. The van der Waals surface area contributed by atoms with Crippen LogP contribution in [0.5, 0.6) is 0 Å². The van der Waals surface area contributed by atoms with E-state index in [1.807, 2.05) is 12.1 Å². The van der Waals surface area contributed by atoms with E-state index in [1.54, 1.807) is 11.3 Å². The van der Waals surface area contributed by atoms with Crippen molar-refractivity contribution in [1.29, 1.82) is 0 Å². The van der Waals surface area contributed by atoms with Crippen molar-refractivity contribution in [1.82, 2.24) is 4.90 Å². The zero-order chi connectivity index (χ0) is 13.0. The Morgan fingerprint density at radius 1 is 1.39 bits per heavy atom. The molecule has 1 aromatic rings. The second-order valence-corrected chi connectivity index (χ2v) is 6.63. The number of aryl methyl sites for hydroxylation is 1. The summed E-state index contributed by atoms with van der Waals surface area (Å²) in [6.07, 6.45) is 5.18. The van der Waals surface area contributed by atoms with Crippen LogP contribution in [0.4, 0.5) is 0 Å². The first-order valence-corrected chi connectivity index (χ1v) is 7.82. The van der Waals surface area contributed by atoms with Gasteiger partial charge in [-0.25, -0.2) is 0 Å². The summed E-state index contributed by atoms with van der Waals surface area (Å²) in [7, 11) is 0. The summed E-state index contributed by atoms with van der Waals surface area (Å²) >= 11 is 1.62. The molecule has 1 fully saturated rings. The molecule has 2 heterocycles. The first-order chi connectivity index (χ1) is 8.69. The van der Waals surface area contributed by atoms with Gasteiger partial charge in [0.15, 0.2) is 5.78 Å². The Bertz CT molecular complexity index is 391. The fraction of sp³-hybridized carbons (Fsp3) is 0.667. The van der Waals surface area contributed by atoms with Gasteiger partial charge in [0.2, 0.25) is 0 Å². The molecule has 0 radical (unpaired) electrons. The summed E-state index contributed by atoms with van der Waals surface area (Å²) in [6.45, 7) is 7.12. The molecular formula is C15H23NOS. The minimum atomic E-state index is 0.294. The van der Waals surface area contributed by atoms with Crippen LogP contribution in [0.25, 0.3) is 0 Å². The molecule has 100 valence electrons. The number of rotatable bonds is 5. The first kappa shape index (κ1) is 13.8. The van der Waals surface area contributed by atoms with E-state index in [0.29, 0.717) is 12.3 Å². The van der Waals surface area contributed by atoms with Gasteiger partial charge < -0.3 is 0 Å². The summed E-state index contributed by atoms with van der Waals surface area (Å²) in [5.41, 5.74) is 0. The summed E-state index contributed by atoms with van der Waals surface area (Å²) in [5, 5.41) is 0. The van der Waals surface area contributed by atoms with Crippen molar-refractivity contribution in [2.24, 2.45) is 5.92 Å². The highest BCUT2D eigenvalue weighted by molar-refractivity contribution is 7.14. The van der Waals surface area contributed by atoms with Crippen molar-refractivity contribution in [3.8, 4) is 0 Å². The number of carbonyl (C=O) groups is 1. The lowest BCUT2D eigenvalue weighted by Gasteiger charge is -2.31. The Morgan fingerprint density at radius 2 is 2.11 bits per heavy atom. The van der Waals surface area contributed by atoms with E-state index in [4.69, 9.17) is 0 Å². The van der Waals surface area contributed by atoms with Gasteiger partial charge in [0.25, 0.3) is 0 Å². The fourth-order valence-corrected chi connectivity index (χ4v) is 3.50. The number of hydrogen-bond donors (Lipinski definition) is 0. The van der Waals surface area contributed by atoms with Gasteiger partial charge in [0, 0.05) is 4.88 Å². The van der Waals surface area contributed by atoms with Gasteiger partial charge in [0.1, 0.15) is 0 Å². The normalized spacial score (nSPS) is 18.1. The third kappa shape index (κ3) is 3.66. The van der Waals surface area contributed by atoms with Gasteiger partial charge in [-0.05, 0) is 50.9 Å². The van der Waals surface area contributed by atoms with E-state index in [9.17, 15) is 4.79 Å². The second-order valence-electron chi connectivity index (χ2n) is 5.34. The topological polar surface area (TPSA) is 20.3 Å². The largest absolute Gasteiger partial charge is 0.296 e. The van der Waals surface area contributed by atoms with Gasteiger partial charge in [-0.3, -0.25) is 9.69 Å². The maximum atomic E-state index is 12.1. The minimum Gasteiger partial charge on any atom is -0.296 e. The standard InChI is InChI=1S/C15H23NOS/c1-3-4-13-7-9-16(10-8-13)11-14(17)15-6-5-12(2)18-15/h5-6,13H,3-4,7-11H2,1-2H3. The van der Waals surface area contributed by atoms with Crippen molar-refractivity contribution in [2.45, 2.75) is 39.5 Å². The molecule has 3 heteroatoms. The third-order valence-corrected chi connectivity index (χ3v) is 4.83. The van der Waals surface area contributed by atoms with Crippen LogP contribution < -0.4 is 0 Å². The van der Waals surface area contributed by atoms with E-state index in [-0.39, 0.29) is 0 Å². The van der Waals surface area contributed by atoms with Gasteiger partial charge in [-0.15, -0.1) is 11.3 Å². The Hall–Kier alpha value is -0.670. The number of likely N-dealkylation sites (tertiary alicyclic amines) is 1. The number of hydrogen-bond acceptors (Lipinski definition) is 3. The first-order valence-electron chi connectivity index (χ1n) is 7.01. The molecule has 0 unspecified atom stereocenters. The van der Waals surface area contributed by atoms with Crippen LogP contribution in [0.15, 0.2) is 12.1 Å². The summed E-state index contributed by atoms with van der Waals surface area (Å²) < 4.78 is 0. The molecule has 1 aromatic heterocycles. The highest BCUT2D eigenvalue weighted by atomic mass is 32.1. The second kappa shape index (κ2) is 6.48. The van der Waals surface area contributed by atoms with E-state index < -0.39 is 0 Å². The molecule has 2 nitrogen and oxygen atoms in total. The van der Waals surface area contributed by atoms with Crippen LogP contribution in [0.3, 0.4) is 0 Å². The highest BCUT2D eigenvalue weighted by Crippen LogP contribution is 2.22. The maximum absolute atomic E-state index is 12.1. The molecule has 2 rings (SSSR count). The fourth-order valence-electron chi connectivity index (χ4n) is 2.71. The number of carbonyl (C=O) groups excluding carboxylic acids is 1. The molecular weight excluding hydrogens is 242 g/mol. The summed E-state index contributed by atoms with van der Waals surface area (Å²) in [5.74, 6) is 1.19. The maximum Gasteiger partial charge on any atom is 0.186 e. The monoisotopic (exact) mass is 265 g/mol. The van der Waals surface area contributed by atoms with Crippen LogP contribution >= 0.6 is 11.3 Å². The van der Waals surface area contributed by atoms with Gasteiger partial charge in [-0.2, -0.15) is 0 Å². The summed E-state index contributed by atoms with van der Waals surface area (Å²) in [4.78, 5) is 16.6. The van der Waals surface area contributed by atoms with E-state index in [0.717, 1.165) is 23.9 Å². The number of ketones is 1. The molecule has 0 saturated carbocycles. The average molecular weight is 265 g/mol. The number of thiophene rings is 1. The Morgan fingerprint density at radius 3 is 2.67 bits per heavy atom. The van der Waals surface area contributed by atoms with Gasteiger partial charge >= 0.3 is 0 Å². The molecule has 0 bridgehead atoms. The third-order valence-electron chi connectivity index (χ3n) is 3.79. The zero-order valence-electron chi connectivity index (χ0n) is 11.4. The molecule has 1 saturated heterocycles. The summed E-state index contributed by atoms with van der Waals surface area (Å²) in [6, 6.07) is 4.00. The van der Waals surface area contributed by atoms with Crippen LogP contribution in [-0.2, 0) is 0 Å². The van der Waals surface area contributed by atoms with Crippen LogP contribution in [0.1, 0.15) is 47.2 Å². The Kier molecular flexibility index (Phi) is 4.95. The quantitative estimate of drug-likeness (QED) is 0.756. The molecule has 1 aliphatic heterocycles. The van der Waals surface area contributed by atoms with Crippen molar-refractivity contribution in [3.63, 3.8) is 0 Å². The number of piperidine rings is 1. The molecule has 0 atom stereocenters. The van der Waals surface area contributed by atoms with E-state index >= 15 is 0 Å². The molecule has 18 heavy (non-hydrogen) atoms. The molecule has 0 spiro atoms. The average Bonchev–Trinajstić information content (AvgIpc) is 2.79. The van der Waals surface area contributed by atoms with Crippen LogP contribution in [0.2, 0.25) is 0 Å². The molecule has 0 aliphatic carbocycles. The van der Waals surface area contributed by atoms with E-state index in [1.165, 1.54) is 30.6 Å². The predicted octanol–water partition coefficient (Wildman–Crippen LogP) is 3.75. The van der Waals surface area contributed by atoms with Gasteiger partial charge in [-0.1, -0.05) is 19.8 Å². The predicted molar refractivity (Wildman–Crippen MR) is 77.5 cm³/mol. The lowest BCUT2D eigenvalue weighted by atomic mass is 9.92. The smallest absolute Gasteiger partial charge is 0.186 e. The Labute approximate surface area is 114 Å². The van der Waals surface area contributed by atoms with E-state index in [2.05, 4.69) is 18.7 Å². The highest BCUT2D eigenvalue weighted by Gasteiger charge is 2.21. The Balaban J connectivity index is 1.79. The number of nitrogens with zero attached hydrogens (tertiary/aromatic N) is 1.